The van der Waals surface area contributed by atoms with Crippen LogP contribution in [0, 0.1) is 17.8 Å². The first-order valence-electron chi connectivity index (χ1n) is 3.18. The number of hydrogen-bond acceptors (Lipinski definition) is 0. The third-order valence-electron chi connectivity index (χ3n) is 2.54. The minimum atomic E-state index is 1.07. The summed E-state index contributed by atoms with van der Waals surface area (Å²) in [6.45, 7) is 2.32. The summed E-state index contributed by atoms with van der Waals surface area (Å²) < 4.78 is 0. The summed E-state index contributed by atoms with van der Waals surface area (Å²) in [7, 11) is 0. The maximum Gasteiger partial charge on any atom is 0.101 e. The summed E-state index contributed by atoms with van der Waals surface area (Å²) >= 11 is 0. The van der Waals surface area contributed by atoms with Crippen molar-refractivity contribution in [2.75, 3.05) is 0 Å². The van der Waals surface area contributed by atoms with Crippen LogP contribution < -0.4 is 0 Å². The van der Waals surface area contributed by atoms with Gasteiger partial charge in [0, 0.05) is 5.92 Å². The van der Waals surface area contributed by atoms with Crippen LogP contribution in [0.1, 0.15) is 26.2 Å². The zero-order valence-electron chi connectivity index (χ0n) is 4.78. The second-order valence-electron chi connectivity index (χ2n) is 3.08. The average molecular weight is 95.2 g/mol. The number of rotatable bonds is 0. The highest BCUT2D eigenvalue weighted by Gasteiger charge is 2.50. The highest BCUT2D eigenvalue weighted by Crippen LogP contribution is 2.53. The molecule has 0 unspecified atom stereocenters. The number of fused-ring (bicyclic) bond motifs is 1. The van der Waals surface area contributed by atoms with E-state index in [1.807, 2.05) is 0 Å². The van der Waals surface area contributed by atoms with Gasteiger partial charge in [0.25, 0.3) is 0 Å². The molecule has 3 rings (SSSR count). The Bertz CT molecular complexity index is 80.0. The van der Waals surface area contributed by atoms with Crippen LogP contribution in [0.2, 0.25) is 0 Å². The van der Waals surface area contributed by atoms with E-state index in [9.17, 15) is 0 Å². The molecule has 0 spiro atoms. The molecular weight excluding hydrogens is 84.1 g/mol. The van der Waals surface area contributed by atoms with Gasteiger partial charge in [-0.2, -0.15) is 0 Å². The van der Waals surface area contributed by atoms with E-state index < -0.39 is 0 Å². The SMILES string of the molecule is C[C+]1CC2CC1C2. The Labute approximate surface area is 44.9 Å². The van der Waals surface area contributed by atoms with Crippen LogP contribution in [0.5, 0.6) is 0 Å². The molecule has 0 aromatic heterocycles. The van der Waals surface area contributed by atoms with Crippen LogP contribution in [-0.2, 0) is 0 Å². The standard InChI is InChI=1S/C7H11/c1-5-2-6-3-7(5)4-6/h6-7H,2-4H2,1H3/q+1. The molecule has 3 saturated carbocycles. The van der Waals surface area contributed by atoms with E-state index in [1.165, 1.54) is 19.3 Å². The van der Waals surface area contributed by atoms with Crippen molar-refractivity contribution in [2.45, 2.75) is 26.2 Å². The zero-order chi connectivity index (χ0) is 4.85. The van der Waals surface area contributed by atoms with E-state index in [0.717, 1.165) is 11.8 Å². The first-order chi connectivity index (χ1) is 3.36. The van der Waals surface area contributed by atoms with Gasteiger partial charge >= 0.3 is 0 Å². The normalized spacial score (nSPS) is 46.7. The summed E-state index contributed by atoms with van der Waals surface area (Å²) in [6, 6.07) is 0. The molecule has 0 radical (unpaired) electrons. The minimum Gasteiger partial charge on any atom is -0.00240 e. The minimum absolute atomic E-state index is 1.07. The van der Waals surface area contributed by atoms with Crippen LogP contribution in [0.15, 0.2) is 0 Å². The third-order valence-corrected chi connectivity index (χ3v) is 2.54. The van der Waals surface area contributed by atoms with Gasteiger partial charge in [-0.3, -0.25) is 0 Å². The molecule has 0 amide bonds. The Balaban J connectivity index is 2.13. The Morgan fingerprint density at radius 2 is 2.14 bits per heavy atom. The lowest BCUT2D eigenvalue weighted by molar-refractivity contribution is 0.310. The topological polar surface area (TPSA) is 0 Å². The lowest BCUT2D eigenvalue weighted by Crippen LogP contribution is -2.11. The Morgan fingerprint density at radius 3 is 2.29 bits per heavy atom. The van der Waals surface area contributed by atoms with Crippen molar-refractivity contribution in [1.29, 1.82) is 0 Å². The van der Waals surface area contributed by atoms with Gasteiger partial charge in [0.2, 0.25) is 0 Å². The van der Waals surface area contributed by atoms with Crippen LogP contribution in [0.4, 0.5) is 0 Å². The summed E-state index contributed by atoms with van der Waals surface area (Å²) in [5, 5.41) is 0. The van der Waals surface area contributed by atoms with Crippen molar-refractivity contribution in [3.8, 4) is 0 Å². The first kappa shape index (κ1) is 3.82. The smallest absolute Gasteiger partial charge is 0.00240 e. The summed E-state index contributed by atoms with van der Waals surface area (Å²) in [5.41, 5.74) is 0. The molecule has 0 saturated heterocycles. The van der Waals surface area contributed by atoms with Crippen molar-refractivity contribution >= 4 is 0 Å². The quantitative estimate of drug-likeness (QED) is 0.404. The van der Waals surface area contributed by atoms with Crippen molar-refractivity contribution in [3.05, 3.63) is 5.92 Å². The van der Waals surface area contributed by atoms with Crippen molar-refractivity contribution in [2.24, 2.45) is 11.8 Å². The van der Waals surface area contributed by atoms with Crippen molar-refractivity contribution in [3.63, 3.8) is 0 Å². The lowest BCUT2D eigenvalue weighted by Gasteiger charge is -2.15. The third kappa shape index (κ3) is 0.349. The molecule has 0 heteroatoms. The van der Waals surface area contributed by atoms with Crippen LogP contribution >= 0.6 is 0 Å². The Kier molecular flexibility index (Phi) is 0.539. The largest absolute Gasteiger partial charge is 0.101 e. The van der Waals surface area contributed by atoms with E-state index in [-0.39, 0.29) is 0 Å². The summed E-state index contributed by atoms with van der Waals surface area (Å²) in [6.07, 6.45) is 4.53. The second-order valence-corrected chi connectivity index (χ2v) is 3.08. The first-order valence-corrected chi connectivity index (χ1v) is 3.18. The molecule has 38 valence electrons. The predicted octanol–water partition coefficient (Wildman–Crippen LogP) is 2.01. The molecule has 3 fully saturated rings. The maximum absolute atomic E-state index is 2.32. The molecule has 0 aromatic rings. The molecule has 0 N–H and O–H groups in total. The fourth-order valence-electron chi connectivity index (χ4n) is 1.93. The highest BCUT2D eigenvalue weighted by molar-refractivity contribution is 5.09. The molecule has 0 aromatic carbocycles. The molecule has 0 atom stereocenters. The zero-order valence-corrected chi connectivity index (χ0v) is 4.78. The summed E-state index contributed by atoms with van der Waals surface area (Å²) in [4.78, 5) is 0. The Hall–Kier alpha value is -0.130. The molecular formula is C7H11+. The van der Waals surface area contributed by atoms with Gasteiger partial charge < -0.3 is 0 Å². The van der Waals surface area contributed by atoms with Gasteiger partial charge in [-0.25, -0.2) is 0 Å². The Morgan fingerprint density at radius 1 is 1.43 bits per heavy atom. The van der Waals surface area contributed by atoms with Crippen molar-refractivity contribution in [1.82, 2.24) is 0 Å². The van der Waals surface area contributed by atoms with Gasteiger partial charge in [0.15, 0.2) is 0 Å². The van der Waals surface area contributed by atoms with Gasteiger partial charge in [-0.15, -0.1) is 0 Å². The molecule has 0 aliphatic heterocycles. The highest BCUT2D eigenvalue weighted by atomic mass is 14.5. The van der Waals surface area contributed by atoms with Gasteiger partial charge in [-0.05, 0) is 12.8 Å². The molecule has 0 heterocycles. The van der Waals surface area contributed by atoms with Crippen LogP contribution in [0.3, 0.4) is 0 Å². The predicted molar refractivity (Wildman–Crippen MR) is 29.7 cm³/mol. The van der Waals surface area contributed by atoms with E-state index in [0.29, 0.717) is 0 Å². The van der Waals surface area contributed by atoms with Crippen molar-refractivity contribution < 1.29 is 0 Å². The van der Waals surface area contributed by atoms with E-state index in [1.54, 1.807) is 5.92 Å². The fourth-order valence-corrected chi connectivity index (χ4v) is 1.93. The van der Waals surface area contributed by atoms with Crippen LogP contribution in [-0.4, -0.2) is 0 Å². The molecule has 3 aliphatic carbocycles. The summed E-state index contributed by atoms with van der Waals surface area (Å²) in [5.74, 6) is 3.99. The molecule has 0 nitrogen and oxygen atoms in total. The van der Waals surface area contributed by atoms with E-state index in [2.05, 4.69) is 6.92 Å². The fraction of sp³-hybridized carbons (Fsp3) is 0.857. The van der Waals surface area contributed by atoms with Gasteiger partial charge in [-0.1, -0.05) is 0 Å². The maximum atomic E-state index is 2.32. The molecule has 3 aliphatic rings. The second kappa shape index (κ2) is 0.988. The molecule has 7 heavy (non-hydrogen) atoms. The van der Waals surface area contributed by atoms with Gasteiger partial charge in [0.05, 0.1) is 19.3 Å². The van der Waals surface area contributed by atoms with Gasteiger partial charge in [0.1, 0.15) is 5.92 Å². The van der Waals surface area contributed by atoms with Crippen LogP contribution in [0.25, 0.3) is 0 Å². The monoisotopic (exact) mass is 95.1 g/mol. The van der Waals surface area contributed by atoms with E-state index in [4.69, 9.17) is 0 Å². The molecule has 2 bridgehead atoms. The van der Waals surface area contributed by atoms with E-state index >= 15 is 0 Å². The lowest BCUT2D eigenvalue weighted by atomic mass is 9.83. The average Bonchev–Trinajstić information content (AvgIpc) is 1.85. The number of hydrogen-bond donors (Lipinski definition) is 0.